The van der Waals surface area contributed by atoms with Crippen LogP contribution in [0.3, 0.4) is 0 Å². The quantitative estimate of drug-likeness (QED) is 0.622. The number of hydrogen-bond donors (Lipinski definition) is 1. The van der Waals surface area contributed by atoms with E-state index in [1.807, 2.05) is 6.08 Å². The van der Waals surface area contributed by atoms with Crippen LogP contribution < -0.4 is 5.32 Å². The van der Waals surface area contributed by atoms with Crippen molar-refractivity contribution < 1.29 is 4.39 Å². The van der Waals surface area contributed by atoms with E-state index in [1.54, 1.807) is 6.07 Å². The molecule has 0 bridgehead atoms. The average Bonchev–Trinajstić information content (AvgIpc) is 2.18. The number of halogens is 2. The Labute approximate surface area is 92.1 Å². The SMILES string of the molecule is C=CCCCNc1cc(F)ccc1Br. The molecule has 0 unspecified atom stereocenters. The lowest BCUT2D eigenvalue weighted by molar-refractivity contribution is 0.628. The van der Waals surface area contributed by atoms with E-state index in [1.165, 1.54) is 12.1 Å². The number of nitrogens with one attached hydrogen (secondary N) is 1. The van der Waals surface area contributed by atoms with Gasteiger partial charge in [0.1, 0.15) is 5.82 Å². The molecule has 1 N–H and O–H groups in total. The Kier molecular flexibility index (Phi) is 4.66. The van der Waals surface area contributed by atoms with E-state index in [2.05, 4.69) is 27.8 Å². The van der Waals surface area contributed by atoms with E-state index in [4.69, 9.17) is 0 Å². The number of hydrogen-bond acceptors (Lipinski definition) is 1. The lowest BCUT2D eigenvalue weighted by Crippen LogP contribution is -2.01. The fourth-order valence-electron chi connectivity index (χ4n) is 1.10. The highest BCUT2D eigenvalue weighted by molar-refractivity contribution is 9.10. The van der Waals surface area contributed by atoms with Gasteiger partial charge < -0.3 is 5.32 Å². The molecule has 0 spiro atoms. The zero-order chi connectivity index (χ0) is 10.4. The molecule has 14 heavy (non-hydrogen) atoms. The fourth-order valence-corrected chi connectivity index (χ4v) is 1.49. The molecule has 0 aromatic heterocycles. The lowest BCUT2D eigenvalue weighted by Gasteiger charge is -2.07. The minimum absolute atomic E-state index is 0.223. The number of allylic oxidation sites excluding steroid dienone is 1. The summed E-state index contributed by atoms with van der Waals surface area (Å²) < 4.78 is 13.7. The molecule has 0 aliphatic rings. The van der Waals surface area contributed by atoms with Gasteiger partial charge in [0.2, 0.25) is 0 Å². The van der Waals surface area contributed by atoms with Gasteiger partial charge in [0, 0.05) is 11.0 Å². The van der Waals surface area contributed by atoms with Crippen molar-refractivity contribution >= 4 is 21.6 Å². The van der Waals surface area contributed by atoms with Crippen molar-refractivity contribution in [2.45, 2.75) is 12.8 Å². The van der Waals surface area contributed by atoms with Gasteiger partial charge in [-0.05, 0) is 47.0 Å². The normalized spacial score (nSPS) is 9.86. The molecular formula is C11H13BrFN. The first-order valence-electron chi connectivity index (χ1n) is 4.54. The largest absolute Gasteiger partial charge is 0.384 e. The van der Waals surface area contributed by atoms with Gasteiger partial charge >= 0.3 is 0 Å². The molecule has 0 fully saturated rings. The van der Waals surface area contributed by atoms with Crippen LogP contribution in [0.25, 0.3) is 0 Å². The second-order valence-electron chi connectivity index (χ2n) is 2.98. The van der Waals surface area contributed by atoms with E-state index in [0.717, 1.165) is 29.5 Å². The van der Waals surface area contributed by atoms with Gasteiger partial charge in [0.25, 0.3) is 0 Å². The summed E-state index contributed by atoms with van der Waals surface area (Å²) in [6, 6.07) is 4.61. The van der Waals surface area contributed by atoms with Gasteiger partial charge in [-0.15, -0.1) is 6.58 Å². The summed E-state index contributed by atoms with van der Waals surface area (Å²) in [5.41, 5.74) is 0.800. The zero-order valence-corrected chi connectivity index (χ0v) is 9.48. The van der Waals surface area contributed by atoms with E-state index in [0.29, 0.717) is 0 Å². The van der Waals surface area contributed by atoms with Crippen LogP contribution in [0.2, 0.25) is 0 Å². The molecule has 0 aliphatic carbocycles. The summed E-state index contributed by atoms with van der Waals surface area (Å²) in [6.07, 6.45) is 3.86. The van der Waals surface area contributed by atoms with Crippen molar-refractivity contribution in [1.29, 1.82) is 0 Å². The summed E-state index contributed by atoms with van der Waals surface area (Å²) in [5, 5.41) is 3.15. The van der Waals surface area contributed by atoms with Crippen LogP contribution in [0.1, 0.15) is 12.8 Å². The molecule has 1 aromatic rings. The van der Waals surface area contributed by atoms with E-state index >= 15 is 0 Å². The number of benzene rings is 1. The number of unbranched alkanes of at least 4 members (excludes halogenated alkanes) is 1. The zero-order valence-electron chi connectivity index (χ0n) is 7.89. The molecule has 76 valence electrons. The summed E-state index contributed by atoms with van der Waals surface area (Å²) in [7, 11) is 0. The first kappa shape index (κ1) is 11.2. The summed E-state index contributed by atoms with van der Waals surface area (Å²) in [6.45, 7) is 4.47. The Hall–Kier alpha value is -0.830. The summed E-state index contributed by atoms with van der Waals surface area (Å²) in [5.74, 6) is -0.223. The van der Waals surface area contributed by atoms with Crippen LogP contribution in [0, 0.1) is 5.82 Å². The fraction of sp³-hybridized carbons (Fsp3) is 0.273. The summed E-state index contributed by atoms with van der Waals surface area (Å²) >= 11 is 3.35. The maximum Gasteiger partial charge on any atom is 0.125 e. The molecule has 0 saturated carbocycles. The molecule has 3 heteroatoms. The van der Waals surface area contributed by atoms with Crippen molar-refractivity contribution in [2.24, 2.45) is 0 Å². The maximum absolute atomic E-state index is 12.8. The minimum atomic E-state index is -0.223. The Morgan fingerprint density at radius 2 is 2.29 bits per heavy atom. The molecule has 0 saturated heterocycles. The van der Waals surface area contributed by atoms with Gasteiger partial charge in [-0.2, -0.15) is 0 Å². The maximum atomic E-state index is 12.8. The molecule has 0 atom stereocenters. The minimum Gasteiger partial charge on any atom is -0.384 e. The lowest BCUT2D eigenvalue weighted by atomic mass is 10.2. The highest BCUT2D eigenvalue weighted by atomic mass is 79.9. The Morgan fingerprint density at radius 1 is 1.50 bits per heavy atom. The molecular weight excluding hydrogens is 245 g/mol. The van der Waals surface area contributed by atoms with E-state index in [9.17, 15) is 4.39 Å². The van der Waals surface area contributed by atoms with Crippen molar-refractivity contribution in [1.82, 2.24) is 0 Å². The Bertz CT molecular complexity index is 312. The van der Waals surface area contributed by atoms with Crippen LogP contribution in [0.4, 0.5) is 10.1 Å². The summed E-state index contributed by atoms with van der Waals surface area (Å²) in [4.78, 5) is 0. The molecule has 0 heterocycles. The molecule has 0 amide bonds. The molecule has 1 aromatic carbocycles. The van der Waals surface area contributed by atoms with Crippen LogP contribution in [-0.4, -0.2) is 6.54 Å². The third-order valence-electron chi connectivity index (χ3n) is 1.83. The topological polar surface area (TPSA) is 12.0 Å². The molecule has 0 aliphatic heterocycles. The molecule has 1 rings (SSSR count). The predicted octanol–water partition coefficient (Wildman–Crippen LogP) is 3.97. The van der Waals surface area contributed by atoms with Crippen LogP contribution in [0.5, 0.6) is 0 Å². The molecule has 0 radical (unpaired) electrons. The molecule has 1 nitrogen and oxygen atoms in total. The number of rotatable bonds is 5. The van der Waals surface area contributed by atoms with Gasteiger partial charge in [0.05, 0.1) is 5.69 Å². The van der Waals surface area contributed by atoms with Gasteiger partial charge in [-0.1, -0.05) is 6.08 Å². The Balaban J connectivity index is 2.49. The highest BCUT2D eigenvalue weighted by Crippen LogP contribution is 2.22. The Morgan fingerprint density at radius 3 is 3.00 bits per heavy atom. The third kappa shape index (κ3) is 3.50. The first-order valence-corrected chi connectivity index (χ1v) is 5.33. The van der Waals surface area contributed by atoms with Crippen LogP contribution >= 0.6 is 15.9 Å². The van der Waals surface area contributed by atoms with Crippen molar-refractivity contribution in [2.75, 3.05) is 11.9 Å². The predicted molar refractivity (Wildman–Crippen MR) is 62.0 cm³/mol. The van der Waals surface area contributed by atoms with Crippen LogP contribution in [0.15, 0.2) is 35.3 Å². The average molecular weight is 258 g/mol. The van der Waals surface area contributed by atoms with Crippen molar-refractivity contribution in [3.63, 3.8) is 0 Å². The third-order valence-corrected chi connectivity index (χ3v) is 2.52. The van der Waals surface area contributed by atoms with Gasteiger partial charge in [-0.3, -0.25) is 0 Å². The number of anilines is 1. The first-order chi connectivity index (χ1) is 6.74. The van der Waals surface area contributed by atoms with Crippen molar-refractivity contribution in [3.05, 3.63) is 41.1 Å². The van der Waals surface area contributed by atoms with E-state index < -0.39 is 0 Å². The highest BCUT2D eigenvalue weighted by Gasteiger charge is 1.99. The second-order valence-corrected chi connectivity index (χ2v) is 3.84. The second kappa shape index (κ2) is 5.81. The smallest absolute Gasteiger partial charge is 0.125 e. The van der Waals surface area contributed by atoms with E-state index in [-0.39, 0.29) is 5.82 Å². The monoisotopic (exact) mass is 257 g/mol. The van der Waals surface area contributed by atoms with Crippen molar-refractivity contribution in [3.8, 4) is 0 Å². The van der Waals surface area contributed by atoms with Gasteiger partial charge in [0.15, 0.2) is 0 Å². The standard InChI is InChI=1S/C11H13BrFN/c1-2-3-4-7-14-11-8-9(13)5-6-10(11)12/h2,5-6,8,14H,1,3-4,7H2. The van der Waals surface area contributed by atoms with Crippen LogP contribution in [-0.2, 0) is 0 Å². The van der Waals surface area contributed by atoms with Gasteiger partial charge in [-0.25, -0.2) is 4.39 Å².